The van der Waals surface area contributed by atoms with Crippen LogP contribution in [-0.2, 0) is 0 Å². The van der Waals surface area contributed by atoms with E-state index >= 15 is 0 Å². The summed E-state index contributed by atoms with van der Waals surface area (Å²) >= 11 is 0. The fourth-order valence-corrected chi connectivity index (χ4v) is 1.88. The predicted molar refractivity (Wildman–Crippen MR) is 59.3 cm³/mol. The number of hydrogen-bond acceptors (Lipinski definition) is 2. The third kappa shape index (κ3) is 1.79. The molecule has 1 aromatic rings. The van der Waals surface area contributed by atoms with Crippen molar-refractivity contribution in [3.05, 3.63) is 35.9 Å². The topological polar surface area (TPSA) is 15.6 Å². The molecule has 1 aromatic carbocycles. The largest absolute Gasteiger partial charge is 0.290 e. The lowest BCUT2D eigenvalue weighted by Crippen LogP contribution is -2.20. The second-order valence-corrected chi connectivity index (χ2v) is 3.62. The molecule has 0 radical (unpaired) electrons. The molecule has 0 aliphatic carbocycles. The fraction of sp³-hybridized carbons (Fsp3) is 0.417. The lowest BCUT2D eigenvalue weighted by atomic mass is 10.0. The Labute approximate surface area is 85.2 Å². The molecule has 0 N–H and O–H groups in total. The molecule has 14 heavy (non-hydrogen) atoms. The Morgan fingerprint density at radius 3 is 2.86 bits per heavy atom. The monoisotopic (exact) mass is 188 g/mol. The van der Waals surface area contributed by atoms with E-state index in [4.69, 9.17) is 0 Å². The van der Waals surface area contributed by atoms with Crippen molar-refractivity contribution < 1.29 is 0 Å². The van der Waals surface area contributed by atoms with Crippen LogP contribution in [0.1, 0.15) is 31.4 Å². The van der Waals surface area contributed by atoms with Gasteiger partial charge < -0.3 is 0 Å². The molecular formula is C12H16N2. The highest BCUT2D eigenvalue weighted by atomic mass is 15.5. The second-order valence-electron chi connectivity index (χ2n) is 3.62. The molecule has 1 atom stereocenters. The van der Waals surface area contributed by atoms with Crippen molar-refractivity contribution in [2.75, 3.05) is 6.54 Å². The zero-order valence-corrected chi connectivity index (χ0v) is 8.56. The number of nitrogens with zero attached hydrogens (tertiary/aromatic N) is 2. The average Bonchev–Trinajstić information content (AvgIpc) is 2.68. The van der Waals surface area contributed by atoms with Crippen LogP contribution in [0.4, 0.5) is 0 Å². The zero-order chi connectivity index (χ0) is 9.80. The average molecular weight is 188 g/mol. The molecule has 1 aliphatic heterocycles. The van der Waals surface area contributed by atoms with Gasteiger partial charge in [0.05, 0.1) is 6.04 Å². The maximum absolute atomic E-state index is 4.39. The van der Waals surface area contributed by atoms with Gasteiger partial charge in [-0.25, -0.2) is 0 Å². The van der Waals surface area contributed by atoms with Gasteiger partial charge in [0.1, 0.15) is 0 Å². The Morgan fingerprint density at radius 1 is 1.36 bits per heavy atom. The standard InChI is InChI=1S/C12H16N2/c1-2-10-14-12(8-9-13-14)11-6-4-3-5-7-11/h3-7,9,12H,2,8,10H2,1H3. The van der Waals surface area contributed by atoms with Crippen LogP contribution in [0.2, 0.25) is 0 Å². The Balaban J connectivity index is 2.12. The molecule has 2 nitrogen and oxygen atoms in total. The van der Waals surface area contributed by atoms with Gasteiger partial charge in [-0.3, -0.25) is 5.01 Å². The van der Waals surface area contributed by atoms with Gasteiger partial charge in [-0.2, -0.15) is 5.10 Å². The highest BCUT2D eigenvalue weighted by Gasteiger charge is 2.20. The molecule has 0 saturated carbocycles. The van der Waals surface area contributed by atoms with Gasteiger partial charge >= 0.3 is 0 Å². The van der Waals surface area contributed by atoms with Crippen LogP contribution in [0, 0.1) is 0 Å². The van der Waals surface area contributed by atoms with Crippen LogP contribution in [0.25, 0.3) is 0 Å². The van der Waals surface area contributed by atoms with E-state index in [0.29, 0.717) is 6.04 Å². The van der Waals surface area contributed by atoms with Crippen molar-refractivity contribution in [2.24, 2.45) is 5.10 Å². The molecule has 0 amide bonds. The molecule has 1 aliphatic rings. The van der Waals surface area contributed by atoms with Gasteiger partial charge in [0.2, 0.25) is 0 Å². The summed E-state index contributed by atoms with van der Waals surface area (Å²) < 4.78 is 0. The lowest BCUT2D eigenvalue weighted by molar-refractivity contribution is 0.234. The van der Waals surface area contributed by atoms with Gasteiger partial charge in [0, 0.05) is 19.2 Å². The van der Waals surface area contributed by atoms with Crippen molar-refractivity contribution >= 4 is 6.21 Å². The van der Waals surface area contributed by atoms with Gasteiger partial charge in [-0.05, 0) is 12.0 Å². The summed E-state index contributed by atoms with van der Waals surface area (Å²) in [5.74, 6) is 0. The minimum Gasteiger partial charge on any atom is -0.290 e. The first-order chi connectivity index (χ1) is 6.92. The molecule has 2 rings (SSSR count). The lowest BCUT2D eigenvalue weighted by Gasteiger charge is -2.23. The van der Waals surface area contributed by atoms with Crippen LogP contribution < -0.4 is 0 Å². The fourth-order valence-electron chi connectivity index (χ4n) is 1.88. The van der Waals surface area contributed by atoms with E-state index in [1.54, 1.807) is 0 Å². The van der Waals surface area contributed by atoms with Crippen LogP contribution in [0.15, 0.2) is 35.4 Å². The van der Waals surface area contributed by atoms with E-state index in [-0.39, 0.29) is 0 Å². The first kappa shape index (κ1) is 9.25. The molecule has 0 bridgehead atoms. The smallest absolute Gasteiger partial charge is 0.0769 e. The number of hydrazone groups is 1. The van der Waals surface area contributed by atoms with E-state index in [1.807, 2.05) is 6.21 Å². The van der Waals surface area contributed by atoms with Gasteiger partial charge in [0.15, 0.2) is 0 Å². The number of benzene rings is 1. The molecule has 1 unspecified atom stereocenters. The molecule has 1 heterocycles. The van der Waals surface area contributed by atoms with Crippen LogP contribution in [0.5, 0.6) is 0 Å². The van der Waals surface area contributed by atoms with Gasteiger partial charge in [0.25, 0.3) is 0 Å². The maximum atomic E-state index is 4.39. The van der Waals surface area contributed by atoms with Gasteiger partial charge in [-0.1, -0.05) is 37.3 Å². The maximum Gasteiger partial charge on any atom is 0.0769 e. The Kier molecular flexibility index (Phi) is 2.82. The van der Waals surface area contributed by atoms with Crippen LogP contribution >= 0.6 is 0 Å². The predicted octanol–water partition coefficient (Wildman–Crippen LogP) is 2.83. The van der Waals surface area contributed by atoms with E-state index in [9.17, 15) is 0 Å². The number of rotatable bonds is 3. The number of hydrogen-bond donors (Lipinski definition) is 0. The van der Waals surface area contributed by atoms with Crippen molar-refractivity contribution in [1.82, 2.24) is 5.01 Å². The minimum absolute atomic E-state index is 0.469. The summed E-state index contributed by atoms with van der Waals surface area (Å²) in [5, 5.41) is 6.58. The van der Waals surface area contributed by atoms with E-state index in [2.05, 4.69) is 47.4 Å². The Bertz CT molecular complexity index is 305. The summed E-state index contributed by atoms with van der Waals surface area (Å²) in [5.41, 5.74) is 1.37. The first-order valence-corrected chi connectivity index (χ1v) is 5.26. The van der Waals surface area contributed by atoms with Crippen molar-refractivity contribution in [1.29, 1.82) is 0 Å². The highest BCUT2D eigenvalue weighted by Crippen LogP contribution is 2.27. The molecule has 0 spiro atoms. The van der Waals surface area contributed by atoms with Crippen molar-refractivity contribution in [3.8, 4) is 0 Å². The summed E-state index contributed by atoms with van der Waals surface area (Å²) in [4.78, 5) is 0. The minimum atomic E-state index is 0.469. The van der Waals surface area contributed by atoms with Crippen molar-refractivity contribution in [2.45, 2.75) is 25.8 Å². The Morgan fingerprint density at radius 2 is 2.14 bits per heavy atom. The molecule has 0 aromatic heterocycles. The van der Waals surface area contributed by atoms with Gasteiger partial charge in [-0.15, -0.1) is 0 Å². The Hall–Kier alpha value is -1.31. The summed E-state index contributed by atoms with van der Waals surface area (Å²) in [6.07, 6.45) is 4.22. The quantitative estimate of drug-likeness (QED) is 0.712. The molecule has 0 saturated heterocycles. The summed E-state index contributed by atoms with van der Waals surface area (Å²) in [6.45, 7) is 3.24. The third-order valence-electron chi connectivity index (χ3n) is 2.56. The highest BCUT2D eigenvalue weighted by molar-refractivity contribution is 5.60. The normalized spacial score (nSPS) is 20.4. The van der Waals surface area contributed by atoms with Crippen LogP contribution in [-0.4, -0.2) is 17.8 Å². The van der Waals surface area contributed by atoms with E-state index in [0.717, 1.165) is 19.4 Å². The molecule has 0 fully saturated rings. The molecule has 2 heteroatoms. The molecule has 74 valence electrons. The molecular weight excluding hydrogens is 172 g/mol. The zero-order valence-electron chi connectivity index (χ0n) is 8.56. The third-order valence-corrected chi connectivity index (χ3v) is 2.56. The summed E-state index contributed by atoms with van der Waals surface area (Å²) in [7, 11) is 0. The second kappa shape index (κ2) is 4.27. The van der Waals surface area contributed by atoms with Crippen LogP contribution in [0.3, 0.4) is 0 Å². The van der Waals surface area contributed by atoms with Crippen molar-refractivity contribution in [3.63, 3.8) is 0 Å². The van der Waals surface area contributed by atoms with E-state index in [1.165, 1.54) is 5.56 Å². The summed E-state index contributed by atoms with van der Waals surface area (Å²) in [6, 6.07) is 11.1. The van der Waals surface area contributed by atoms with E-state index < -0.39 is 0 Å². The SMILES string of the molecule is CCCN1N=CCC1c1ccccc1. The first-order valence-electron chi connectivity index (χ1n) is 5.26.